The van der Waals surface area contributed by atoms with Crippen LogP contribution in [0.4, 0.5) is 0 Å². The predicted molar refractivity (Wildman–Crippen MR) is 141 cm³/mol. The number of aromatic hydroxyl groups is 1. The highest BCUT2D eigenvalue weighted by molar-refractivity contribution is 5.76. The molecule has 4 aromatic rings. The fourth-order valence-electron chi connectivity index (χ4n) is 4.62. The van der Waals surface area contributed by atoms with E-state index in [9.17, 15) is 19.5 Å². The minimum absolute atomic E-state index is 0.102. The fourth-order valence-corrected chi connectivity index (χ4v) is 4.62. The molecule has 0 aliphatic rings. The zero-order valence-electron chi connectivity index (χ0n) is 21.5. The molecule has 4 rings (SSSR count). The molecule has 3 heterocycles. The SMILES string of the molecule is CCCCn1c(=O)c2c(nc3n(Cc4ccccc4)c(=O)c(CC(C)C)c(O)n23)n(CCCC)c1=O. The third kappa shape index (κ3) is 4.50. The van der Waals surface area contributed by atoms with Gasteiger partial charge in [0.1, 0.15) is 0 Å². The van der Waals surface area contributed by atoms with Gasteiger partial charge in [-0.25, -0.2) is 9.20 Å². The first kappa shape index (κ1) is 25.5. The summed E-state index contributed by atoms with van der Waals surface area (Å²) in [6.45, 7) is 8.87. The summed E-state index contributed by atoms with van der Waals surface area (Å²) in [5.74, 6) is -0.0286. The quantitative estimate of drug-likeness (QED) is 0.364. The van der Waals surface area contributed by atoms with Crippen LogP contribution in [0.2, 0.25) is 0 Å². The molecule has 0 fully saturated rings. The zero-order chi connectivity index (χ0) is 26.0. The van der Waals surface area contributed by atoms with Gasteiger partial charge in [0.05, 0.1) is 12.1 Å². The smallest absolute Gasteiger partial charge is 0.332 e. The largest absolute Gasteiger partial charge is 0.494 e. The summed E-state index contributed by atoms with van der Waals surface area (Å²) in [6, 6.07) is 9.51. The van der Waals surface area contributed by atoms with Crippen LogP contribution >= 0.6 is 0 Å². The number of unbranched alkanes of at least 4 members (excludes halogenated alkanes) is 2. The first-order valence-corrected chi connectivity index (χ1v) is 12.8. The van der Waals surface area contributed by atoms with Gasteiger partial charge in [0.15, 0.2) is 11.2 Å². The zero-order valence-corrected chi connectivity index (χ0v) is 21.5. The number of aryl methyl sites for hydroxylation is 1. The van der Waals surface area contributed by atoms with E-state index in [1.165, 1.54) is 18.1 Å². The average Bonchev–Trinajstić information content (AvgIpc) is 3.25. The molecule has 9 heteroatoms. The summed E-state index contributed by atoms with van der Waals surface area (Å²) < 4.78 is 5.63. The minimum Gasteiger partial charge on any atom is -0.494 e. The molecule has 9 nitrogen and oxygen atoms in total. The maximum Gasteiger partial charge on any atom is 0.332 e. The molecular formula is C27H35N5O4. The molecule has 0 atom stereocenters. The molecule has 0 saturated carbocycles. The van der Waals surface area contributed by atoms with E-state index in [2.05, 4.69) is 4.98 Å². The molecule has 0 aliphatic carbocycles. The number of nitrogens with zero attached hydrogens (tertiary/aromatic N) is 5. The maximum absolute atomic E-state index is 13.7. The van der Waals surface area contributed by atoms with E-state index >= 15 is 0 Å². The molecule has 0 saturated heterocycles. The summed E-state index contributed by atoms with van der Waals surface area (Å²) in [6.07, 6.45) is 3.43. The van der Waals surface area contributed by atoms with Crippen LogP contribution in [0.1, 0.15) is 64.5 Å². The normalized spacial score (nSPS) is 11.8. The number of fused-ring (bicyclic) bond motifs is 3. The predicted octanol–water partition coefficient (Wildman–Crippen LogP) is 3.53. The molecule has 3 aromatic heterocycles. The van der Waals surface area contributed by atoms with E-state index < -0.39 is 11.2 Å². The molecule has 0 aliphatic heterocycles. The van der Waals surface area contributed by atoms with Gasteiger partial charge in [-0.1, -0.05) is 70.9 Å². The van der Waals surface area contributed by atoms with Crippen molar-refractivity contribution in [2.45, 2.75) is 79.4 Å². The van der Waals surface area contributed by atoms with E-state index in [0.29, 0.717) is 19.4 Å². The lowest BCUT2D eigenvalue weighted by molar-refractivity contribution is 0.428. The van der Waals surface area contributed by atoms with Crippen molar-refractivity contribution >= 4 is 16.9 Å². The molecule has 0 amide bonds. The standard InChI is InChI=1S/C27H35N5O4/c1-5-7-14-29-22-21(25(35)30(27(29)36)15-8-6-2)32-24(34)20(16-18(3)4)23(33)31(26(32)28-22)17-19-12-10-9-11-13-19/h9-13,18,34H,5-8,14-17H2,1-4H3. The second-order valence-corrected chi connectivity index (χ2v) is 9.79. The lowest BCUT2D eigenvalue weighted by Crippen LogP contribution is -2.40. The van der Waals surface area contributed by atoms with Crippen LogP contribution in [0.25, 0.3) is 16.9 Å². The summed E-state index contributed by atoms with van der Waals surface area (Å²) in [4.78, 5) is 45.4. The first-order valence-electron chi connectivity index (χ1n) is 12.8. The first-order chi connectivity index (χ1) is 17.3. The highest BCUT2D eigenvalue weighted by atomic mass is 16.3. The van der Waals surface area contributed by atoms with Crippen LogP contribution in [-0.4, -0.2) is 28.2 Å². The van der Waals surface area contributed by atoms with E-state index in [1.807, 2.05) is 58.0 Å². The Bertz CT molecular complexity index is 1560. The molecule has 36 heavy (non-hydrogen) atoms. The Balaban J connectivity index is 2.16. The van der Waals surface area contributed by atoms with Crippen LogP contribution in [0.5, 0.6) is 5.88 Å². The van der Waals surface area contributed by atoms with Crippen LogP contribution in [0, 0.1) is 5.92 Å². The lowest BCUT2D eigenvalue weighted by Gasteiger charge is -2.15. The van der Waals surface area contributed by atoms with Gasteiger partial charge in [0.2, 0.25) is 11.7 Å². The van der Waals surface area contributed by atoms with Gasteiger partial charge in [-0.2, -0.15) is 4.98 Å². The third-order valence-corrected chi connectivity index (χ3v) is 6.50. The van der Waals surface area contributed by atoms with Gasteiger partial charge in [-0.05, 0) is 30.7 Å². The Morgan fingerprint density at radius 1 is 0.889 bits per heavy atom. The second kappa shape index (κ2) is 10.6. The van der Waals surface area contributed by atoms with Gasteiger partial charge < -0.3 is 5.11 Å². The number of hydrogen-bond acceptors (Lipinski definition) is 5. The molecule has 0 bridgehead atoms. The summed E-state index contributed by atoms with van der Waals surface area (Å²) in [5.41, 5.74) is 0.195. The number of hydrogen-bond donors (Lipinski definition) is 1. The number of imidazole rings is 1. The molecular weight excluding hydrogens is 458 g/mol. The Morgan fingerprint density at radius 2 is 1.53 bits per heavy atom. The van der Waals surface area contributed by atoms with Gasteiger partial charge in [0, 0.05) is 13.1 Å². The van der Waals surface area contributed by atoms with Crippen molar-refractivity contribution in [2.75, 3.05) is 0 Å². The van der Waals surface area contributed by atoms with Crippen LogP contribution in [-0.2, 0) is 26.1 Å². The summed E-state index contributed by atoms with van der Waals surface area (Å²) >= 11 is 0. The highest BCUT2D eigenvalue weighted by Crippen LogP contribution is 2.24. The van der Waals surface area contributed by atoms with E-state index in [1.54, 1.807) is 0 Å². The second-order valence-electron chi connectivity index (χ2n) is 9.79. The molecule has 0 spiro atoms. The number of aromatic nitrogens is 5. The van der Waals surface area contributed by atoms with Gasteiger partial charge >= 0.3 is 5.69 Å². The number of benzene rings is 1. The van der Waals surface area contributed by atoms with Gasteiger partial charge in [0.25, 0.3) is 11.1 Å². The van der Waals surface area contributed by atoms with Crippen LogP contribution in [0.3, 0.4) is 0 Å². The Kier molecular flexibility index (Phi) is 7.47. The highest BCUT2D eigenvalue weighted by Gasteiger charge is 2.25. The molecule has 0 unspecified atom stereocenters. The molecule has 1 N–H and O–H groups in total. The van der Waals surface area contributed by atoms with Crippen LogP contribution < -0.4 is 16.8 Å². The van der Waals surface area contributed by atoms with Crippen molar-refractivity contribution in [1.29, 1.82) is 0 Å². The number of rotatable bonds is 10. The summed E-state index contributed by atoms with van der Waals surface area (Å²) in [7, 11) is 0. The third-order valence-electron chi connectivity index (χ3n) is 6.50. The van der Waals surface area contributed by atoms with Crippen molar-refractivity contribution in [3.8, 4) is 5.88 Å². The Hall–Kier alpha value is -3.62. The average molecular weight is 494 g/mol. The van der Waals surface area contributed by atoms with Crippen molar-refractivity contribution in [3.63, 3.8) is 0 Å². The maximum atomic E-state index is 13.7. The van der Waals surface area contributed by atoms with Crippen molar-refractivity contribution in [1.82, 2.24) is 23.1 Å². The molecule has 0 radical (unpaired) electrons. The van der Waals surface area contributed by atoms with E-state index in [4.69, 9.17) is 0 Å². The topological polar surface area (TPSA) is 104 Å². The van der Waals surface area contributed by atoms with E-state index in [-0.39, 0.29) is 53.0 Å². The molecule has 192 valence electrons. The van der Waals surface area contributed by atoms with Gasteiger partial charge in [-0.3, -0.25) is 23.3 Å². The Morgan fingerprint density at radius 3 is 2.14 bits per heavy atom. The van der Waals surface area contributed by atoms with Crippen LogP contribution in [0.15, 0.2) is 44.7 Å². The minimum atomic E-state index is -0.501. The summed E-state index contributed by atoms with van der Waals surface area (Å²) in [5, 5.41) is 11.4. The van der Waals surface area contributed by atoms with Crippen molar-refractivity contribution < 1.29 is 5.11 Å². The lowest BCUT2D eigenvalue weighted by atomic mass is 10.1. The molecule has 1 aromatic carbocycles. The van der Waals surface area contributed by atoms with E-state index in [0.717, 1.165) is 24.8 Å². The van der Waals surface area contributed by atoms with Gasteiger partial charge in [-0.15, -0.1) is 0 Å². The van der Waals surface area contributed by atoms with Crippen molar-refractivity contribution in [3.05, 3.63) is 72.7 Å². The fraction of sp³-hybridized carbons (Fsp3) is 0.481. The van der Waals surface area contributed by atoms with Crippen molar-refractivity contribution in [2.24, 2.45) is 5.92 Å². The Labute approximate surface area is 209 Å². The monoisotopic (exact) mass is 493 g/mol.